The maximum atomic E-state index is 14.9. The van der Waals surface area contributed by atoms with Gasteiger partial charge in [0.15, 0.2) is 0 Å². The van der Waals surface area contributed by atoms with E-state index in [9.17, 15) is 34.4 Å². The number of carbonyl (C=O) groups excluding carboxylic acids is 4. The molecule has 13 heteroatoms. The minimum absolute atomic E-state index is 0.0486. The fourth-order valence-corrected chi connectivity index (χ4v) is 10.9. The molecular formula is C39H30N3O9P. The molecule has 0 radical (unpaired) electrons. The summed E-state index contributed by atoms with van der Waals surface area (Å²) in [5.41, 5.74) is -0.666. The summed E-state index contributed by atoms with van der Waals surface area (Å²) in [5.74, 6) is -5.18. The molecule has 1 aliphatic heterocycles. The van der Waals surface area contributed by atoms with E-state index in [-0.39, 0.29) is 27.7 Å². The van der Waals surface area contributed by atoms with Crippen LogP contribution >= 0.6 is 7.26 Å². The Morgan fingerprint density at radius 2 is 1.10 bits per heavy atom. The number of hydrogen-bond donors (Lipinski definition) is 0. The average molecular weight is 716 g/mol. The molecule has 1 atom stereocenters. The van der Waals surface area contributed by atoms with E-state index < -0.39 is 47.9 Å². The normalized spacial score (nSPS) is 13.5. The number of carbonyl (C=O) groups is 4. The van der Waals surface area contributed by atoms with E-state index in [0.717, 1.165) is 38.5 Å². The lowest BCUT2D eigenvalue weighted by Crippen LogP contribution is -2.59. The quantitative estimate of drug-likeness (QED) is 0.0493. The highest BCUT2D eigenvalue weighted by Crippen LogP contribution is 2.65. The lowest BCUT2D eigenvalue weighted by Gasteiger charge is -2.40. The first-order valence-electron chi connectivity index (χ1n) is 15.8. The molecular weight excluding hydrogens is 685 g/mol. The zero-order chi connectivity index (χ0) is 37.0. The third-order valence-electron chi connectivity index (χ3n) is 8.64. The molecule has 1 heterocycles. The van der Waals surface area contributed by atoms with Gasteiger partial charge in [-0.2, -0.15) is 5.01 Å². The summed E-state index contributed by atoms with van der Waals surface area (Å²) >= 11 is 0. The topological polar surface area (TPSA) is 159 Å². The Bertz CT molecular complexity index is 2060. The minimum Gasteiger partial charge on any atom is -0.614 e. The van der Waals surface area contributed by atoms with Crippen LogP contribution in [0, 0.1) is 10.1 Å². The number of benzene rings is 5. The SMILES string of the molecule is COC(=O)C(/C(=C(\[O-])OC)[P+](c1ccccc1)(c1ccccc1)c1ccccc1)N(C(=O)c1ccc([N+](=O)[O-])cc1)N1C(=O)c2ccccc2C1=O. The van der Waals surface area contributed by atoms with Crippen LogP contribution in [0.25, 0.3) is 0 Å². The summed E-state index contributed by atoms with van der Waals surface area (Å²) in [6, 6.07) is 34.9. The first-order valence-corrected chi connectivity index (χ1v) is 17.6. The van der Waals surface area contributed by atoms with Gasteiger partial charge in [0.05, 0.1) is 29.1 Å². The molecule has 0 saturated carbocycles. The van der Waals surface area contributed by atoms with Gasteiger partial charge in [0.2, 0.25) is 6.04 Å². The van der Waals surface area contributed by atoms with Gasteiger partial charge in [-0.15, -0.1) is 0 Å². The first-order chi connectivity index (χ1) is 25.2. The second-order valence-corrected chi connectivity index (χ2v) is 14.8. The number of hydrogen-bond acceptors (Lipinski definition) is 9. The van der Waals surface area contributed by atoms with Crippen molar-refractivity contribution in [3.05, 3.63) is 178 Å². The maximum absolute atomic E-state index is 14.9. The van der Waals surface area contributed by atoms with Crippen LogP contribution in [0.4, 0.5) is 5.69 Å². The molecule has 5 aromatic rings. The predicted molar refractivity (Wildman–Crippen MR) is 191 cm³/mol. The highest BCUT2D eigenvalue weighted by Gasteiger charge is 2.59. The molecule has 0 spiro atoms. The van der Waals surface area contributed by atoms with Crippen LogP contribution in [0.15, 0.2) is 151 Å². The van der Waals surface area contributed by atoms with Crippen LogP contribution in [-0.4, -0.2) is 58.9 Å². The van der Waals surface area contributed by atoms with E-state index >= 15 is 0 Å². The number of hydrazine groups is 1. The molecule has 260 valence electrons. The van der Waals surface area contributed by atoms with E-state index in [4.69, 9.17) is 9.47 Å². The summed E-state index contributed by atoms with van der Waals surface area (Å²) in [6.07, 6.45) is 0. The highest BCUT2D eigenvalue weighted by molar-refractivity contribution is 7.99. The second-order valence-electron chi connectivity index (χ2n) is 11.4. The number of methoxy groups -OCH3 is 2. The molecule has 0 aromatic heterocycles. The van der Waals surface area contributed by atoms with Crippen molar-refractivity contribution in [1.29, 1.82) is 0 Å². The molecule has 1 unspecified atom stereocenters. The number of ether oxygens (including phenoxy) is 2. The molecule has 0 aliphatic carbocycles. The van der Waals surface area contributed by atoms with Crippen molar-refractivity contribution >= 4 is 52.6 Å². The van der Waals surface area contributed by atoms with Crippen molar-refractivity contribution in [2.24, 2.45) is 0 Å². The van der Waals surface area contributed by atoms with Gasteiger partial charge < -0.3 is 14.6 Å². The van der Waals surface area contributed by atoms with Crippen molar-refractivity contribution < 1.29 is 38.7 Å². The summed E-state index contributed by atoms with van der Waals surface area (Å²) in [6.45, 7) is 0. The standard InChI is InChI=1S/C39H30N3O9P/c1-50-38(46)33(40(35(43)26-22-24-27(25-23-26)42(48)49)41-36(44)31-20-12-13-21-32(31)37(41)45)34(39(47)51-2)52(28-14-6-3-7-15-28,29-16-8-4-9-17-29)30-18-10-5-11-19-30/h3-25,33H,1-2H3/b39-34-. The highest BCUT2D eigenvalue weighted by atomic mass is 31.2. The number of nitro benzene ring substituents is 1. The van der Waals surface area contributed by atoms with Gasteiger partial charge in [0.25, 0.3) is 23.4 Å². The summed E-state index contributed by atoms with van der Waals surface area (Å²) in [4.78, 5) is 68.7. The Kier molecular flexibility index (Phi) is 9.93. The van der Waals surface area contributed by atoms with Crippen LogP contribution in [-0.2, 0) is 14.3 Å². The second kappa shape index (κ2) is 14.7. The number of imide groups is 1. The number of esters is 1. The van der Waals surface area contributed by atoms with E-state index in [1.165, 1.54) is 24.3 Å². The van der Waals surface area contributed by atoms with E-state index in [2.05, 4.69) is 0 Å². The lowest BCUT2D eigenvalue weighted by atomic mass is 10.1. The van der Waals surface area contributed by atoms with Crippen LogP contribution in [0.5, 0.6) is 0 Å². The van der Waals surface area contributed by atoms with Gasteiger partial charge in [-0.1, -0.05) is 66.7 Å². The van der Waals surface area contributed by atoms with E-state index in [1.807, 2.05) is 0 Å². The van der Waals surface area contributed by atoms with Crippen LogP contribution < -0.4 is 21.0 Å². The number of non-ortho nitro benzene ring substituents is 1. The molecule has 0 saturated heterocycles. The molecule has 52 heavy (non-hydrogen) atoms. The van der Waals surface area contributed by atoms with Crippen molar-refractivity contribution in [2.45, 2.75) is 6.04 Å². The largest absolute Gasteiger partial charge is 0.614 e. The maximum Gasteiger partial charge on any atom is 0.339 e. The van der Waals surface area contributed by atoms with Crippen molar-refractivity contribution in [2.75, 3.05) is 14.2 Å². The summed E-state index contributed by atoms with van der Waals surface area (Å²) in [7, 11) is -1.44. The fraction of sp³-hybridized carbons (Fsp3) is 0.0769. The summed E-state index contributed by atoms with van der Waals surface area (Å²) < 4.78 is 10.8. The van der Waals surface area contributed by atoms with Gasteiger partial charge in [-0.3, -0.25) is 24.5 Å². The molecule has 0 N–H and O–H groups in total. The molecule has 0 bridgehead atoms. The van der Waals surface area contributed by atoms with Crippen molar-refractivity contribution in [3.63, 3.8) is 0 Å². The number of nitro groups is 1. The first kappa shape index (κ1) is 35.2. The predicted octanol–water partition coefficient (Wildman–Crippen LogP) is 3.96. The lowest BCUT2D eigenvalue weighted by molar-refractivity contribution is -0.384. The molecule has 3 amide bonds. The van der Waals surface area contributed by atoms with Gasteiger partial charge in [0, 0.05) is 17.7 Å². The van der Waals surface area contributed by atoms with Gasteiger partial charge in [-0.25, -0.2) is 9.80 Å². The smallest absolute Gasteiger partial charge is 0.339 e. The van der Waals surface area contributed by atoms with E-state index in [1.54, 1.807) is 91.0 Å². The average Bonchev–Trinajstić information content (AvgIpc) is 3.44. The Balaban J connectivity index is 1.74. The molecule has 0 fully saturated rings. The Hall–Kier alpha value is -6.65. The van der Waals surface area contributed by atoms with Gasteiger partial charge in [0.1, 0.15) is 28.5 Å². The monoisotopic (exact) mass is 715 g/mol. The Morgan fingerprint density at radius 1 is 0.673 bits per heavy atom. The van der Waals surface area contributed by atoms with Gasteiger partial charge >= 0.3 is 5.97 Å². The fourth-order valence-electron chi connectivity index (χ4n) is 6.35. The molecule has 1 aliphatic rings. The van der Waals surface area contributed by atoms with Crippen LogP contribution in [0.1, 0.15) is 31.1 Å². The Labute approximate surface area is 298 Å². The van der Waals surface area contributed by atoms with Crippen LogP contribution in [0.2, 0.25) is 0 Å². The zero-order valence-corrected chi connectivity index (χ0v) is 28.7. The zero-order valence-electron chi connectivity index (χ0n) is 27.8. The molecule has 6 rings (SSSR count). The van der Waals surface area contributed by atoms with E-state index in [0.29, 0.717) is 25.9 Å². The molecule has 5 aromatic carbocycles. The van der Waals surface area contributed by atoms with Crippen LogP contribution in [0.3, 0.4) is 0 Å². The number of fused-ring (bicyclic) bond motifs is 1. The van der Waals surface area contributed by atoms with Crippen molar-refractivity contribution in [1.82, 2.24) is 10.0 Å². The number of nitrogens with zero attached hydrogens (tertiary/aromatic N) is 3. The number of amides is 3. The van der Waals surface area contributed by atoms with Crippen molar-refractivity contribution in [3.8, 4) is 0 Å². The Morgan fingerprint density at radius 3 is 1.48 bits per heavy atom. The minimum atomic E-state index is -3.61. The third kappa shape index (κ3) is 5.95. The molecule has 12 nitrogen and oxygen atoms in total. The number of rotatable bonds is 11. The third-order valence-corrected chi connectivity index (χ3v) is 13.0. The van der Waals surface area contributed by atoms with Gasteiger partial charge in [-0.05, 0) is 67.8 Å². The summed E-state index contributed by atoms with van der Waals surface area (Å²) in [5, 5.41) is 28.8.